The van der Waals surface area contributed by atoms with Crippen molar-refractivity contribution in [2.24, 2.45) is 0 Å². The van der Waals surface area contributed by atoms with Crippen LogP contribution in [0.3, 0.4) is 0 Å². The van der Waals surface area contributed by atoms with Gasteiger partial charge < -0.3 is 9.47 Å². The molecule has 0 saturated carbocycles. The van der Waals surface area contributed by atoms with Gasteiger partial charge in [0.2, 0.25) is 0 Å². The summed E-state index contributed by atoms with van der Waals surface area (Å²) in [6.07, 6.45) is 0. The molecule has 0 aliphatic carbocycles. The number of hydrogen-bond acceptors (Lipinski definition) is 3. The Morgan fingerprint density at radius 3 is 2.22 bits per heavy atom. The molecule has 0 saturated heterocycles. The van der Waals surface area contributed by atoms with Crippen molar-refractivity contribution in [3.8, 4) is 17.6 Å². The van der Waals surface area contributed by atoms with Gasteiger partial charge in [-0.15, -0.1) is 0 Å². The van der Waals surface area contributed by atoms with E-state index >= 15 is 0 Å². The molecule has 0 aromatic heterocycles. The molecule has 0 radical (unpaired) electrons. The number of rotatable bonds is 3. The number of nitriles is 1. The average Bonchev–Trinajstić information content (AvgIpc) is 2.34. The lowest BCUT2D eigenvalue weighted by Gasteiger charge is -2.24. The lowest BCUT2D eigenvalue weighted by atomic mass is 9.84. The highest BCUT2D eigenvalue weighted by Gasteiger charge is 2.23. The third-order valence-electron chi connectivity index (χ3n) is 2.77. The Morgan fingerprint density at radius 1 is 1.22 bits per heavy atom. The lowest BCUT2D eigenvalue weighted by Crippen LogP contribution is -2.14. The van der Waals surface area contributed by atoms with Gasteiger partial charge in [-0.3, -0.25) is 0 Å². The van der Waals surface area contributed by atoms with E-state index in [1.807, 2.05) is 6.07 Å². The van der Waals surface area contributed by atoms with Gasteiger partial charge in [0.1, 0.15) is 11.5 Å². The van der Waals surface area contributed by atoms with Crippen LogP contribution in [0.5, 0.6) is 11.5 Å². The van der Waals surface area contributed by atoms with Gasteiger partial charge in [0.25, 0.3) is 0 Å². The van der Waals surface area contributed by atoms with Crippen LogP contribution in [0.1, 0.15) is 31.9 Å². The number of benzene rings is 1. The normalized spacial score (nSPS) is 10.7. The number of methoxy groups -OCH3 is 2. The molecule has 0 bridgehead atoms. The molecule has 0 fully saturated rings. The summed E-state index contributed by atoms with van der Waals surface area (Å²) in [6, 6.07) is 5.77. The van der Waals surface area contributed by atoms with Crippen LogP contribution in [-0.2, 0) is 5.41 Å². The topological polar surface area (TPSA) is 42.2 Å². The van der Waals surface area contributed by atoms with Crippen molar-refractivity contribution in [2.45, 2.75) is 26.2 Å². The minimum absolute atomic E-state index is 0.107. The van der Waals surface area contributed by atoms with Crippen LogP contribution in [0.2, 0.25) is 0 Å². The predicted molar refractivity (Wildman–Crippen MR) is 72.9 cm³/mol. The van der Waals surface area contributed by atoms with E-state index in [4.69, 9.17) is 14.7 Å². The Bertz CT molecular complexity index is 504. The maximum atomic E-state index is 9.02. The average molecular weight is 245 g/mol. The summed E-state index contributed by atoms with van der Waals surface area (Å²) in [5.74, 6) is 1.39. The highest BCUT2D eigenvalue weighted by molar-refractivity contribution is 5.80. The third kappa shape index (κ3) is 2.65. The summed E-state index contributed by atoms with van der Waals surface area (Å²) in [5, 5.41) is 9.02. The Labute approximate surface area is 109 Å². The minimum Gasteiger partial charge on any atom is -0.497 e. The van der Waals surface area contributed by atoms with E-state index in [1.165, 1.54) is 0 Å². The zero-order valence-corrected chi connectivity index (χ0v) is 11.6. The van der Waals surface area contributed by atoms with Crippen molar-refractivity contribution in [3.05, 3.63) is 29.8 Å². The Balaban J connectivity index is 3.61. The van der Waals surface area contributed by atoms with Gasteiger partial charge >= 0.3 is 0 Å². The summed E-state index contributed by atoms with van der Waals surface area (Å²) in [6.45, 7) is 10.0. The molecular weight excluding hydrogens is 226 g/mol. The molecule has 3 heteroatoms. The number of ether oxygens (including phenoxy) is 2. The largest absolute Gasteiger partial charge is 0.497 e. The van der Waals surface area contributed by atoms with Crippen LogP contribution in [-0.4, -0.2) is 14.2 Å². The second-order valence-electron chi connectivity index (χ2n) is 5.10. The predicted octanol–water partition coefficient (Wildman–Crippen LogP) is 3.54. The molecule has 1 aromatic rings. The molecular formula is C15H19NO2. The van der Waals surface area contributed by atoms with Crippen LogP contribution in [0.4, 0.5) is 0 Å². The van der Waals surface area contributed by atoms with Gasteiger partial charge in [0.15, 0.2) is 0 Å². The monoisotopic (exact) mass is 245 g/mol. The van der Waals surface area contributed by atoms with Crippen LogP contribution < -0.4 is 9.47 Å². The van der Waals surface area contributed by atoms with Gasteiger partial charge in [-0.2, -0.15) is 5.26 Å². The molecule has 0 heterocycles. The molecule has 0 aliphatic heterocycles. The standard InChI is InChI=1S/C15H19NO2/c1-10(9-16)12-7-11(17-5)8-13(14(12)18-6)15(2,3)4/h7-8H,1H2,2-6H3. The second kappa shape index (κ2) is 5.14. The number of hydrogen-bond donors (Lipinski definition) is 0. The first kappa shape index (κ1) is 14.1. The molecule has 0 N–H and O–H groups in total. The van der Waals surface area contributed by atoms with E-state index in [0.717, 1.165) is 5.56 Å². The van der Waals surface area contributed by atoms with Crippen molar-refractivity contribution in [3.63, 3.8) is 0 Å². The van der Waals surface area contributed by atoms with Gasteiger partial charge in [0, 0.05) is 11.1 Å². The molecule has 1 rings (SSSR count). The fourth-order valence-electron chi connectivity index (χ4n) is 1.78. The summed E-state index contributed by atoms with van der Waals surface area (Å²) in [4.78, 5) is 0. The van der Waals surface area contributed by atoms with Crippen molar-refractivity contribution in [2.75, 3.05) is 14.2 Å². The third-order valence-corrected chi connectivity index (χ3v) is 2.77. The summed E-state index contributed by atoms with van der Waals surface area (Å²) < 4.78 is 10.7. The summed E-state index contributed by atoms with van der Waals surface area (Å²) in [7, 11) is 3.21. The van der Waals surface area contributed by atoms with Crippen LogP contribution >= 0.6 is 0 Å². The molecule has 0 spiro atoms. The highest BCUT2D eigenvalue weighted by Crippen LogP contribution is 2.39. The zero-order valence-electron chi connectivity index (χ0n) is 11.6. The first-order chi connectivity index (χ1) is 8.35. The van der Waals surface area contributed by atoms with Gasteiger partial charge in [0.05, 0.1) is 25.9 Å². The van der Waals surface area contributed by atoms with Gasteiger partial charge in [-0.25, -0.2) is 0 Å². The van der Waals surface area contributed by atoms with E-state index < -0.39 is 0 Å². The molecule has 0 atom stereocenters. The first-order valence-electron chi connectivity index (χ1n) is 5.71. The maximum Gasteiger partial charge on any atom is 0.131 e. The van der Waals surface area contributed by atoms with E-state index in [-0.39, 0.29) is 5.41 Å². The molecule has 0 aliphatic rings. The molecule has 0 unspecified atom stereocenters. The van der Waals surface area contributed by atoms with Gasteiger partial charge in [-0.1, -0.05) is 27.4 Å². The smallest absolute Gasteiger partial charge is 0.131 e. The molecule has 1 aromatic carbocycles. The minimum atomic E-state index is -0.107. The molecule has 3 nitrogen and oxygen atoms in total. The number of nitrogens with zero attached hydrogens (tertiary/aromatic N) is 1. The van der Waals surface area contributed by atoms with E-state index in [0.29, 0.717) is 22.6 Å². The first-order valence-corrected chi connectivity index (χ1v) is 5.71. The fraction of sp³-hybridized carbons (Fsp3) is 0.400. The maximum absolute atomic E-state index is 9.02. The number of allylic oxidation sites excluding steroid dienone is 1. The van der Waals surface area contributed by atoms with Crippen molar-refractivity contribution in [1.82, 2.24) is 0 Å². The Hall–Kier alpha value is -1.95. The highest BCUT2D eigenvalue weighted by atomic mass is 16.5. The lowest BCUT2D eigenvalue weighted by molar-refractivity contribution is 0.387. The molecule has 0 amide bonds. The molecule has 96 valence electrons. The van der Waals surface area contributed by atoms with Gasteiger partial charge in [-0.05, 0) is 17.5 Å². The Kier molecular flexibility index (Phi) is 4.03. The van der Waals surface area contributed by atoms with E-state index in [1.54, 1.807) is 20.3 Å². The van der Waals surface area contributed by atoms with E-state index in [2.05, 4.69) is 33.4 Å². The quantitative estimate of drug-likeness (QED) is 0.765. The zero-order chi connectivity index (χ0) is 13.9. The van der Waals surface area contributed by atoms with Crippen LogP contribution in [0.15, 0.2) is 18.7 Å². The van der Waals surface area contributed by atoms with Crippen molar-refractivity contribution < 1.29 is 9.47 Å². The second-order valence-corrected chi connectivity index (χ2v) is 5.10. The SMILES string of the molecule is C=C(C#N)c1cc(OC)cc(C(C)(C)C)c1OC. The van der Waals surface area contributed by atoms with E-state index in [9.17, 15) is 0 Å². The van der Waals surface area contributed by atoms with Crippen molar-refractivity contribution >= 4 is 5.57 Å². The summed E-state index contributed by atoms with van der Waals surface area (Å²) >= 11 is 0. The van der Waals surface area contributed by atoms with Crippen LogP contribution in [0.25, 0.3) is 5.57 Å². The summed E-state index contributed by atoms with van der Waals surface area (Å²) in [5.41, 5.74) is 1.95. The van der Waals surface area contributed by atoms with Crippen LogP contribution in [0, 0.1) is 11.3 Å². The molecule has 18 heavy (non-hydrogen) atoms. The Morgan fingerprint density at radius 2 is 1.83 bits per heavy atom. The van der Waals surface area contributed by atoms with Crippen molar-refractivity contribution in [1.29, 1.82) is 5.26 Å². The fourth-order valence-corrected chi connectivity index (χ4v) is 1.78.